The second-order valence-corrected chi connectivity index (χ2v) is 14.0. The van der Waals surface area contributed by atoms with Crippen molar-refractivity contribution in [2.75, 3.05) is 25.0 Å². The lowest BCUT2D eigenvalue weighted by Crippen LogP contribution is -2.50. The lowest BCUT2D eigenvalue weighted by molar-refractivity contribution is 0.0452. The number of anilines is 1. The van der Waals surface area contributed by atoms with Crippen molar-refractivity contribution in [3.63, 3.8) is 0 Å². The molecule has 1 atom stereocenters. The maximum atomic E-state index is 14.1. The zero-order valence-electron chi connectivity index (χ0n) is 28.4. The highest BCUT2D eigenvalue weighted by Gasteiger charge is 2.30. The lowest BCUT2D eigenvalue weighted by atomic mass is 10.0. The molecular weight excluding hydrogens is 584 g/mol. The smallest absolute Gasteiger partial charge is 0.414 e. The number of ether oxygens (including phenoxy) is 2. The number of nitrogens with one attached hydrogen (secondary N) is 1. The van der Waals surface area contributed by atoms with Gasteiger partial charge in [0.1, 0.15) is 11.2 Å². The van der Waals surface area contributed by atoms with Gasteiger partial charge in [0.25, 0.3) is 5.91 Å². The fourth-order valence-corrected chi connectivity index (χ4v) is 6.04. The van der Waals surface area contributed by atoms with E-state index in [1.807, 2.05) is 65.3 Å². The number of carbonyl (C=O) groups is 3. The average Bonchev–Trinajstić information content (AvgIpc) is 3.51. The minimum Gasteiger partial charge on any atom is -0.444 e. The molecule has 1 fully saturated rings. The Kier molecular flexibility index (Phi) is 8.81. The first-order valence-electron chi connectivity index (χ1n) is 15.9. The van der Waals surface area contributed by atoms with E-state index in [-0.39, 0.29) is 11.9 Å². The Morgan fingerprint density at radius 1 is 1.02 bits per heavy atom. The fourth-order valence-electron chi connectivity index (χ4n) is 6.04. The van der Waals surface area contributed by atoms with E-state index in [0.29, 0.717) is 35.4 Å². The third-order valence-electron chi connectivity index (χ3n) is 8.01. The van der Waals surface area contributed by atoms with Crippen LogP contribution in [0.1, 0.15) is 71.7 Å². The van der Waals surface area contributed by atoms with E-state index in [1.165, 1.54) is 4.90 Å². The molecule has 5 rings (SSSR count). The predicted octanol–water partition coefficient (Wildman–Crippen LogP) is 6.72. The van der Waals surface area contributed by atoms with Crippen molar-refractivity contribution in [3.05, 3.63) is 48.0 Å². The molecule has 1 aliphatic rings. The van der Waals surface area contributed by atoms with Crippen molar-refractivity contribution in [2.45, 2.75) is 85.1 Å². The highest BCUT2D eigenvalue weighted by molar-refractivity contribution is 6.06. The summed E-state index contributed by atoms with van der Waals surface area (Å²) in [4.78, 5) is 48.1. The van der Waals surface area contributed by atoms with E-state index in [0.717, 1.165) is 41.8 Å². The van der Waals surface area contributed by atoms with Crippen molar-refractivity contribution < 1.29 is 23.9 Å². The van der Waals surface area contributed by atoms with Gasteiger partial charge in [-0.15, -0.1) is 0 Å². The van der Waals surface area contributed by atoms with Crippen LogP contribution in [-0.2, 0) is 23.1 Å². The first-order chi connectivity index (χ1) is 21.6. The Morgan fingerprint density at radius 3 is 2.39 bits per heavy atom. The van der Waals surface area contributed by atoms with Crippen LogP contribution in [0.25, 0.3) is 33.5 Å². The molecular formula is C35H46N6O5. The SMILES string of the molecule is CCn1c(-c2nc3cc(C(=O)N4CCC[C@@H](NC(=O)OC(C)(C)C)C4)cc(N(C)C(=O)OC(C)(C)C)c3n2C)cc2ccccc21. The van der Waals surface area contributed by atoms with Gasteiger partial charge in [-0.05, 0) is 85.6 Å². The monoisotopic (exact) mass is 630 g/mol. The number of hydrogen-bond acceptors (Lipinski definition) is 6. The first-order valence-corrected chi connectivity index (χ1v) is 15.9. The van der Waals surface area contributed by atoms with Crippen LogP contribution < -0.4 is 10.2 Å². The molecule has 3 amide bonds. The van der Waals surface area contributed by atoms with E-state index >= 15 is 0 Å². The Labute approximate surface area is 270 Å². The Morgan fingerprint density at radius 2 is 1.72 bits per heavy atom. The van der Waals surface area contributed by atoms with Crippen LogP contribution in [0.3, 0.4) is 0 Å². The molecule has 2 aromatic carbocycles. The zero-order valence-corrected chi connectivity index (χ0v) is 28.4. The topological polar surface area (TPSA) is 111 Å². The maximum absolute atomic E-state index is 14.1. The number of para-hydroxylation sites is 1. The molecule has 3 heterocycles. The highest BCUT2D eigenvalue weighted by atomic mass is 16.6. The van der Waals surface area contributed by atoms with Crippen LogP contribution in [0.2, 0.25) is 0 Å². The van der Waals surface area contributed by atoms with Gasteiger partial charge >= 0.3 is 12.2 Å². The van der Waals surface area contributed by atoms with Crippen molar-refractivity contribution in [2.24, 2.45) is 7.05 Å². The summed E-state index contributed by atoms with van der Waals surface area (Å²) < 4.78 is 15.3. The van der Waals surface area contributed by atoms with Gasteiger partial charge in [-0.1, -0.05) is 18.2 Å². The second-order valence-electron chi connectivity index (χ2n) is 14.0. The van der Waals surface area contributed by atoms with Crippen molar-refractivity contribution in [1.82, 2.24) is 24.3 Å². The second kappa shape index (κ2) is 12.3. The van der Waals surface area contributed by atoms with E-state index in [9.17, 15) is 14.4 Å². The summed E-state index contributed by atoms with van der Waals surface area (Å²) in [5.74, 6) is 0.516. The Hall–Kier alpha value is -4.54. The number of carbonyl (C=O) groups excluding carboxylic acids is 3. The summed E-state index contributed by atoms with van der Waals surface area (Å²) >= 11 is 0. The van der Waals surface area contributed by atoms with Gasteiger partial charge in [0.05, 0.1) is 22.4 Å². The Bertz CT molecular complexity index is 1790. The number of benzene rings is 2. The molecule has 0 aliphatic carbocycles. The minimum atomic E-state index is -0.707. The molecule has 11 nitrogen and oxygen atoms in total. The summed E-state index contributed by atoms with van der Waals surface area (Å²) in [5.41, 5.74) is 2.92. The molecule has 1 N–H and O–H groups in total. The van der Waals surface area contributed by atoms with E-state index in [4.69, 9.17) is 14.5 Å². The number of fused-ring (bicyclic) bond motifs is 2. The third-order valence-corrected chi connectivity index (χ3v) is 8.01. The molecule has 46 heavy (non-hydrogen) atoms. The molecule has 0 saturated carbocycles. The number of nitrogens with zero attached hydrogens (tertiary/aromatic N) is 5. The van der Waals surface area contributed by atoms with Gasteiger partial charge in [0.2, 0.25) is 0 Å². The van der Waals surface area contributed by atoms with Crippen LogP contribution in [0.5, 0.6) is 0 Å². The van der Waals surface area contributed by atoms with Crippen LogP contribution in [0.4, 0.5) is 15.3 Å². The standard InChI is InChI=1S/C35H46N6O5/c1-10-41-26-16-12-11-14-22(26)19-28(41)30-37-25-18-23(20-27(29(25)39(30)9)38(8)33(44)46-35(5,6)7)31(42)40-17-13-15-24(21-40)36-32(43)45-34(2,3)4/h11-12,14,16,18-20,24H,10,13,15,17,21H2,1-9H3,(H,36,43)/t24-/m1/s1. The van der Waals surface area contributed by atoms with Gasteiger partial charge in [0.15, 0.2) is 5.82 Å². The van der Waals surface area contributed by atoms with E-state index in [2.05, 4.69) is 35.0 Å². The Balaban J connectivity index is 1.56. The first kappa shape index (κ1) is 32.8. The largest absolute Gasteiger partial charge is 0.444 e. The number of hydrogen-bond donors (Lipinski definition) is 1. The van der Waals surface area contributed by atoms with Gasteiger partial charge in [-0.25, -0.2) is 14.6 Å². The van der Waals surface area contributed by atoms with Crippen LogP contribution in [0, 0.1) is 0 Å². The van der Waals surface area contributed by atoms with Crippen LogP contribution in [0.15, 0.2) is 42.5 Å². The summed E-state index contributed by atoms with van der Waals surface area (Å²) in [6.07, 6.45) is 0.432. The van der Waals surface area contributed by atoms with Gasteiger partial charge in [-0.2, -0.15) is 0 Å². The lowest BCUT2D eigenvalue weighted by Gasteiger charge is -2.34. The predicted molar refractivity (Wildman–Crippen MR) is 180 cm³/mol. The number of piperidine rings is 1. The molecule has 0 bridgehead atoms. The quantitative estimate of drug-likeness (QED) is 0.262. The van der Waals surface area contributed by atoms with Crippen LogP contribution >= 0.6 is 0 Å². The fraction of sp³-hybridized carbons (Fsp3) is 0.486. The molecule has 0 unspecified atom stereocenters. The summed E-state index contributed by atoms with van der Waals surface area (Å²) in [7, 11) is 3.57. The van der Waals surface area contributed by atoms with Gasteiger partial charge in [-0.3, -0.25) is 9.69 Å². The number of rotatable bonds is 5. The van der Waals surface area contributed by atoms with Gasteiger partial charge in [0, 0.05) is 56.2 Å². The van der Waals surface area contributed by atoms with Crippen molar-refractivity contribution >= 4 is 45.7 Å². The molecule has 4 aromatic rings. The third kappa shape index (κ3) is 6.83. The number of alkyl carbamates (subject to hydrolysis) is 1. The van der Waals surface area contributed by atoms with Gasteiger partial charge < -0.3 is 28.8 Å². The molecule has 11 heteroatoms. The van der Waals surface area contributed by atoms with E-state index < -0.39 is 23.4 Å². The number of aryl methyl sites for hydroxylation is 2. The molecule has 1 saturated heterocycles. The van der Waals surface area contributed by atoms with Crippen molar-refractivity contribution in [1.29, 1.82) is 0 Å². The van der Waals surface area contributed by atoms with Crippen LogP contribution in [-0.4, -0.2) is 74.5 Å². The number of amides is 3. The molecule has 2 aromatic heterocycles. The highest BCUT2D eigenvalue weighted by Crippen LogP contribution is 2.35. The summed E-state index contributed by atoms with van der Waals surface area (Å²) in [6, 6.07) is 13.6. The molecule has 0 spiro atoms. The summed E-state index contributed by atoms with van der Waals surface area (Å²) in [6.45, 7) is 14.6. The van der Waals surface area contributed by atoms with E-state index in [1.54, 1.807) is 24.1 Å². The number of imidazole rings is 1. The van der Waals surface area contributed by atoms with Crippen molar-refractivity contribution in [3.8, 4) is 11.5 Å². The average molecular weight is 631 g/mol. The number of likely N-dealkylation sites (tertiary alicyclic amines) is 1. The molecule has 246 valence electrons. The minimum absolute atomic E-state index is 0.202. The zero-order chi connectivity index (χ0) is 33.6. The summed E-state index contributed by atoms with van der Waals surface area (Å²) in [5, 5.41) is 4.02. The number of aromatic nitrogens is 3. The normalized spacial score (nSPS) is 15.7. The maximum Gasteiger partial charge on any atom is 0.414 e. The molecule has 0 radical (unpaired) electrons. The molecule has 1 aliphatic heterocycles.